The molecule has 0 radical (unpaired) electrons. The van der Waals surface area contributed by atoms with Crippen molar-refractivity contribution in [2.75, 3.05) is 0 Å². The summed E-state index contributed by atoms with van der Waals surface area (Å²) in [5.41, 5.74) is 2.57. The summed E-state index contributed by atoms with van der Waals surface area (Å²) in [7, 11) is 0. The Hall–Kier alpha value is -1.48. The Balaban J connectivity index is 2.19. The zero-order valence-corrected chi connectivity index (χ0v) is 14.0. The minimum atomic E-state index is -0.344. The lowest BCUT2D eigenvalue weighted by Gasteiger charge is -2.19. The third kappa shape index (κ3) is 3.79. The number of rotatable bonds is 3. The zero-order chi connectivity index (χ0) is 15.6. The van der Waals surface area contributed by atoms with Gasteiger partial charge in [0.05, 0.1) is 4.47 Å². The Bertz CT molecular complexity index is 654. The van der Waals surface area contributed by atoms with Gasteiger partial charge in [-0.1, -0.05) is 57.2 Å². The third-order valence-electron chi connectivity index (χ3n) is 3.46. The molecule has 110 valence electrons. The molecule has 3 heteroatoms. The smallest absolute Gasteiger partial charge is 0.167 e. The average Bonchev–Trinajstić information content (AvgIpc) is 2.43. The molecule has 0 spiro atoms. The van der Waals surface area contributed by atoms with Gasteiger partial charge in [-0.3, -0.25) is 4.79 Å². The van der Waals surface area contributed by atoms with Gasteiger partial charge in [-0.05, 0) is 38.5 Å². The van der Waals surface area contributed by atoms with Crippen LogP contribution in [0.15, 0.2) is 46.9 Å². The summed E-state index contributed by atoms with van der Waals surface area (Å²) in [6.45, 7) is 6.40. The molecular weight excluding hydrogens is 331 g/mol. The molecule has 1 nitrogen and oxygen atoms in total. The van der Waals surface area contributed by atoms with E-state index in [1.165, 1.54) is 11.6 Å². The van der Waals surface area contributed by atoms with Crippen LogP contribution in [0.25, 0.3) is 0 Å². The second-order valence-electron chi connectivity index (χ2n) is 6.14. The quantitative estimate of drug-likeness (QED) is 0.686. The third-order valence-corrected chi connectivity index (χ3v) is 4.34. The predicted octanol–water partition coefficient (Wildman–Crippen LogP) is 5.31. The molecule has 0 unspecified atom stereocenters. The van der Waals surface area contributed by atoms with Crippen molar-refractivity contribution in [1.82, 2.24) is 0 Å². The van der Waals surface area contributed by atoms with Gasteiger partial charge in [0.1, 0.15) is 5.82 Å². The minimum Gasteiger partial charge on any atom is -0.294 e. The molecule has 21 heavy (non-hydrogen) atoms. The van der Waals surface area contributed by atoms with Crippen LogP contribution in [-0.2, 0) is 11.8 Å². The molecule has 0 bridgehead atoms. The average molecular weight is 349 g/mol. The first-order valence-electron chi connectivity index (χ1n) is 6.85. The van der Waals surface area contributed by atoms with Crippen molar-refractivity contribution < 1.29 is 9.18 Å². The predicted molar refractivity (Wildman–Crippen MR) is 87.3 cm³/mol. The van der Waals surface area contributed by atoms with E-state index >= 15 is 0 Å². The van der Waals surface area contributed by atoms with Crippen LogP contribution in [-0.4, -0.2) is 5.78 Å². The molecule has 0 amide bonds. The first kappa shape index (κ1) is 15.9. The van der Waals surface area contributed by atoms with Crippen LogP contribution in [0.1, 0.15) is 42.3 Å². The molecule has 0 fully saturated rings. The van der Waals surface area contributed by atoms with Gasteiger partial charge >= 0.3 is 0 Å². The monoisotopic (exact) mass is 348 g/mol. The molecule has 2 aromatic rings. The number of ketones is 1. The van der Waals surface area contributed by atoms with E-state index < -0.39 is 0 Å². The van der Waals surface area contributed by atoms with Crippen molar-refractivity contribution in [3.63, 3.8) is 0 Å². The van der Waals surface area contributed by atoms with Crippen LogP contribution in [0.3, 0.4) is 0 Å². The van der Waals surface area contributed by atoms with Gasteiger partial charge in [0.15, 0.2) is 5.78 Å². The van der Waals surface area contributed by atoms with Crippen molar-refractivity contribution in [3.8, 4) is 0 Å². The van der Waals surface area contributed by atoms with E-state index in [9.17, 15) is 9.18 Å². The lowest BCUT2D eigenvalue weighted by atomic mass is 9.86. The zero-order valence-electron chi connectivity index (χ0n) is 12.4. The van der Waals surface area contributed by atoms with Crippen molar-refractivity contribution >= 4 is 21.7 Å². The standard InChI is InChI=1S/C18H18BrFO/c1-18(2,3)14-9-7-12(8-10-14)16(21)11-13-5-4-6-15(20)17(13)19/h4-10H,11H2,1-3H3. The lowest BCUT2D eigenvalue weighted by Crippen LogP contribution is -2.11. The normalized spacial score (nSPS) is 11.5. The summed E-state index contributed by atoms with van der Waals surface area (Å²) in [6.07, 6.45) is 0.188. The number of benzene rings is 2. The van der Waals surface area contributed by atoms with E-state index in [2.05, 4.69) is 36.7 Å². The number of hydrogen-bond donors (Lipinski definition) is 0. The van der Waals surface area contributed by atoms with Crippen LogP contribution in [0.2, 0.25) is 0 Å². The summed E-state index contributed by atoms with van der Waals surface area (Å²) in [5.74, 6) is -0.356. The molecule has 2 rings (SSSR count). The van der Waals surface area contributed by atoms with Crippen LogP contribution in [0, 0.1) is 5.82 Å². The summed E-state index contributed by atoms with van der Waals surface area (Å²) >= 11 is 3.19. The highest BCUT2D eigenvalue weighted by Crippen LogP contribution is 2.24. The first-order valence-corrected chi connectivity index (χ1v) is 7.65. The van der Waals surface area contributed by atoms with Crippen molar-refractivity contribution in [2.24, 2.45) is 0 Å². The molecule has 0 aliphatic carbocycles. The highest BCUT2D eigenvalue weighted by atomic mass is 79.9. The maximum absolute atomic E-state index is 13.5. The molecular formula is C18H18BrFO. The Morgan fingerprint density at radius 2 is 1.71 bits per heavy atom. The van der Waals surface area contributed by atoms with Crippen LogP contribution < -0.4 is 0 Å². The topological polar surface area (TPSA) is 17.1 Å². The molecule has 0 aromatic heterocycles. The minimum absolute atomic E-state index is 0.0123. The number of carbonyl (C=O) groups is 1. The maximum Gasteiger partial charge on any atom is 0.167 e. The summed E-state index contributed by atoms with van der Waals surface area (Å²) in [5, 5.41) is 0. The molecule has 0 N–H and O–H groups in total. The van der Waals surface area contributed by atoms with Crippen LogP contribution in [0.5, 0.6) is 0 Å². The molecule has 2 aromatic carbocycles. The molecule has 0 heterocycles. The van der Waals surface area contributed by atoms with Gasteiger partial charge in [0.2, 0.25) is 0 Å². The molecule has 0 saturated carbocycles. The highest BCUT2D eigenvalue weighted by Gasteiger charge is 2.15. The fraction of sp³-hybridized carbons (Fsp3) is 0.278. The summed E-state index contributed by atoms with van der Waals surface area (Å²) in [4.78, 5) is 12.3. The number of Topliss-reactive ketones (excluding diaryl/α,β-unsaturated/α-hetero) is 1. The van der Waals surface area contributed by atoms with E-state index in [1.54, 1.807) is 12.1 Å². The largest absolute Gasteiger partial charge is 0.294 e. The van der Waals surface area contributed by atoms with Crippen molar-refractivity contribution in [1.29, 1.82) is 0 Å². The van der Waals surface area contributed by atoms with Crippen molar-refractivity contribution in [3.05, 3.63) is 69.4 Å². The Kier molecular flexibility index (Phi) is 4.62. The molecule has 0 saturated heterocycles. The van der Waals surface area contributed by atoms with E-state index in [1.807, 2.05) is 24.3 Å². The second kappa shape index (κ2) is 6.10. The van der Waals surface area contributed by atoms with Crippen LogP contribution in [0.4, 0.5) is 4.39 Å². The second-order valence-corrected chi connectivity index (χ2v) is 6.93. The van der Waals surface area contributed by atoms with Gasteiger partial charge < -0.3 is 0 Å². The van der Waals surface area contributed by atoms with E-state index in [-0.39, 0.29) is 23.4 Å². The SMILES string of the molecule is CC(C)(C)c1ccc(C(=O)Cc2cccc(F)c2Br)cc1. The van der Waals surface area contributed by atoms with Gasteiger partial charge in [0.25, 0.3) is 0 Å². The van der Waals surface area contributed by atoms with E-state index in [4.69, 9.17) is 0 Å². The van der Waals surface area contributed by atoms with Crippen molar-refractivity contribution in [2.45, 2.75) is 32.6 Å². The molecule has 0 atom stereocenters. The number of carbonyl (C=O) groups excluding carboxylic acids is 1. The lowest BCUT2D eigenvalue weighted by molar-refractivity contribution is 0.0992. The first-order chi connectivity index (χ1) is 9.79. The molecule has 0 aliphatic heterocycles. The molecule has 0 aliphatic rings. The van der Waals surface area contributed by atoms with E-state index in [0.717, 1.165) is 0 Å². The maximum atomic E-state index is 13.5. The fourth-order valence-corrected chi connectivity index (χ4v) is 2.52. The summed E-state index contributed by atoms with van der Waals surface area (Å²) < 4.78 is 13.8. The Morgan fingerprint density at radius 1 is 1.10 bits per heavy atom. The van der Waals surface area contributed by atoms with Crippen LogP contribution >= 0.6 is 15.9 Å². The number of hydrogen-bond acceptors (Lipinski definition) is 1. The van der Waals surface area contributed by atoms with E-state index in [0.29, 0.717) is 15.6 Å². The fourth-order valence-electron chi connectivity index (χ4n) is 2.12. The number of halogens is 2. The Labute approximate surface area is 133 Å². The highest BCUT2D eigenvalue weighted by molar-refractivity contribution is 9.10. The van der Waals surface area contributed by atoms with Gasteiger partial charge in [-0.25, -0.2) is 4.39 Å². The van der Waals surface area contributed by atoms with Gasteiger partial charge in [-0.15, -0.1) is 0 Å². The van der Waals surface area contributed by atoms with Gasteiger partial charge in [0, 0.05) is 12.0 Å². The van der Waals surface area contributed by atoms with Gasteiger partial charge in [-0.2, -0.15) is 0 Å². The Morgan fingerprint density at radius 3 is 2.29 bits per heavy atom. The summed E-state index contributed by atoms with van der Waals surface area (Å²) in [6, 6.07) is 12.4.